The van der Waals surface area contributed by atoms with E-state index in [-0.39, 0.29) is 12.5 Å². The Morgan fingerprint density at radius 3 is 2.85 bits per heavy atom. The van der Waals surface area contributed by atoms with Crippen LogP contribution in [-0.4, -0.2) is 50.1 Å². The van der Waals surface area contributed by atoms with Gasteiger partial charge in [0.1, 0.15) is 11.8 Å². The molecular weight excluding hydrogens is 371 g/mol. The molecule has 0 amide bonds. The molecule has 2 atom stereocenters. The van der Waals surface area contributed by atoms with Crippen molar-refractivity contribution in [1.82, 2.24) is 24.6 Å². The van der Waals surface area contributed by atoms with Crippen molar-refractivity contribution in [2.24, 2.45) is 0 Å². The van der Waals surface area contributed by atoms with Crippen molar-refractivity contribution < 1.29 is 18.8 Å². The van der Waals surface area contributed by atoms with Gasteiger partial charge >= 0.3 is 13.9 Å². The van der Waals surface area contributed by atoms with Crippen LogP contribution in [0.15, 0.2) is 12.7 Å². The molecule has 0 saturated heterocycles. The molecule has 2 aromatic rings. The van der Waals surface area contributed by atoms with E-state index in [1.165, 1.54) is 6.33 Å². The van der Waals surface area contributed by atoms with E-state index < -0.39 is 19.5 Å². The molecule has 3 N–H and O–H groups in total. The fourth-order valence-electron chi connectivity index (χ4n) is 2.32. The number of esters is 1. The summed E-state index contributed by atoms with van der Waals surface area (Å²) in [5.41, 5.74) is 5.86. The molecular formula is C16H26N6O4P+. The summed E-state index contributed by atoms with van der Waals surface area (Å²) >= 11 is 0. The highest BCUT2D eigenvalue weighted by molar-refractivity contribution is 7.42. The number of hydrogen-bond acceptors (Lipinski definition) is 8. The van der Waals surface area contributed by atoms with E-state index in [4.69, 9.17) is 15.2 Å². The predicted molar refractivity (Wildman–Crippen MR) is 101 cm³/mol. The number of nitrogens with two attached hydrogens (primary N) is 1. The van der Waals surface area contributed by atoms with E-state index in [9.17, 15) is 9.36 Å². The fraction of sp³-hybridized carbons (Fsp3) is 0.625. The molecule has 0 aliphatic carbocycles. The van der Waals surface area contributed by atoms with Gasteiger partial charge in [0.2, 0.25) is 0 Å². The standard InChI is InChI=1S/C16H26N6O4P/c1-5-6-25-15(23)16(3,4)21-27(24)10-26-11(2)7-22-9-20-12-13(17)18-8-19-14(12)22/h8-9,11H,5-7,10H2,1-4H3,(H,21,24)(H2,17,18,19)/q+1. The van der Waals surface area contributed by atoms with E-state index in [1.54, 1.807) is 24.7 Å². The van der Waals surface area contributed by atoms with Crippen molar-refractivity contribution in [3.63, 3.8) is 0 Å². The van der Waals surface area contributed by atoms with E-state index in [0.29, 0.717) is 30.1 Å². The Labute approximate surface area is 158 Å². The molecule has 0 bridgehead atoms. The molecule has 11 heteroatoms. The molecule has 2 heterocycles. The number of anilines is 1. The number of hydrogen-bond donors (Lipinski definition) is 2. The summed E-state index contributed by atoms with van der Waals surface area (Å²) in [4.78, 5) is 24.2. The Morgan fingerprint density at radius 2 is 2.15 bits per heavy atom. The van der Waals surface area contributed by atoms with Gasteiger partial charge in [-0.05, 0) is 31.8 Å². The summed E-state index contributed by atoms with van der Waals surface area (Å²) in [6.45, 7) is 7.81. The van der Waals surface area contributed by atoms with E-state index in [2.05, 4.69) is 20.0 Å². The van der Waals surface area contributed by atoms with Crippen molar-refractivity contribution in [3.8, 4) is 0 Å². The van der Waals surface area contributed by atoms with Crippen LogP contribution < -0.4 is 10.8 Å². The van der Waals surface area contributed by atoms with Gasteiger partial charge in [-0.3, -0.25) is 0 Å². The number of ether oxygens (including phenoxy) is 2. The van der Waals surface area contributed by atoms with E-state index >= 15 is 0 Å². The zero-order valence-corrected chi connectivity index (χ0v) is 16.9. The molecule has 0 aliphatic rings. The number of nitrogens with zero attached hydrogens (tertiary/aromatic N) is 4. The van der Waals surface area contributed by atoms with E-state index in [1.807, 2.05) is 13.8 Å². The highest BCUT2D eigenvalue weighted by Gasteiger charge is 2.37. The molecule has 2 aromatic heterocycles. The second kappa shape index (κ2) is 9.16. The molecule has 0 spiro atoms. The first-order valence-corrected chi connectivity index (χ1v) is 10.1. The third kappa shape index (κ3) is 5.66. The lowest BCUT2D eigenvalue weighted by atomic mass is 10.1. The largest absolute Gasteiger partial charge is 0.464 e. The zero-order chi connectivity index (χ0) is 20.0. The molecule has 0 radical (unpaired) electrons. The van der Waals surface area contributed by atoms with Crippen LogP contribution in [0, 0.1) is 0 Å². The minimum Gasteiger partial charge on any atom is -0.464 e. The van der Waals surface area contributed by atoms with Gasteiger partial charge in [0.05, 0.1) is 25.6 Å². The average molecular weight is 397 g/mol. The number of rotatable bonds is 10. The van der Waals surface area contributed by atoms with Gasteiger partial charge in [-0.25, -0.2) is 19.7 Å². The topological polar surface area (TPSA) is 134 Å². The Morgan fingerprint density at radius 1 is 1.41 bits per heavy atom. The molecule has 0 fully saturated rings. The van der Waals surface area contributed by atoms with Crippen LogP contribution in [0.25, 0.3) is 11.2 Å². The molecule has 2 unspecified atom stereocenters. The first-order chi connectivity index (χ1) is 12.7. The lowest BCUT2D eigenvalue weighted by Gasteiger charge is -2.18. The molecule has 10 nitrogen and oxygen atoms in total. The summed E-state index contributed by atoms with van der Waals surface area (Å²) < 4.78 is 24.8. The van der Waals surface area contributed by atoms with Crippen molar-refractivity contribution in [2.45, 2.75) is 52.3 Å². The van der Waals surface area contributed by atoms with Crippen LogP contribution in [0.1, 0.15) is 34.1 Å². The van der Waals surface area contributed by atoms with Gasteiger partial charge in [0.25, 0.3) is 6.35 Å². The lowest BCUT2D eigenvalue weighted by Crippen LogP contribution is -2.44. The van der Waals surface area contributed by atoms with Crippen molar-refractivity contribution in [1.29, 1.82) is 0 Å². The first kappa shape index (κ1) is 21.1. The maximum Gasteiger partial charge on any atom is 0.461 e. The number of imidazole rings is 1. The monoisotopic (exact) mass is 397 g/mol. The van der Waals surface area contributed by atoms with Crippen LogP contribution in [0.5, 0.6) is 0 Å². The lowest BCUT2D eigenvalue weighted by molar-refractivity contribution is -0.149. The SMILES string of the molecule is CCCOC(=O)C(C)(C)N[P+](=O)COC(C)Cn1cnc2c(N)ncnc21. The maximum absolute atomic E-state index is 12.2. The Balaban J connectivity index is 1.85. The number of carbonyl (C=O) groups excluding carboxylic acids is 1. The van der Waals surface area contributed by atoms with Gasteiger partial charge in [-0.15, -0.1) is 0 Å². The number of fused-ring (bicyclic) bond motifs is 1. The van der Waals surface area contributed by atoms with Crippen molar-refractivity contribution in [3.05, 3.63) is 12.7 Å². The normalized spacial score (nSPS) is 13.6. The Kier molecular flexibility index (Phi) is 7.18. The number of nitrogens with one attached hydrogen (secondary N) is 1. The van der Waals surface area contributed by atoms with Crippen LogP contribution >= 0.6 is 7.95 Å². The third-order valence-electron chi connectivity index (χ3n) is 3.71. The number of nitrogen functional groups attached to an aromatic ring is 1. The second-order valence-corrected chi connectivity index (χ2v) is 7.92. The number of aromatic nitrogens is 4. The van der Waals surface area contributed by atoms with Crippen LogP contribution in [-0.2, 0) is 25.4 Å². The summed E-state index contributed by atoms with van der Waals surface area (Å²) in [5.74, 6) is -0.125. The van der Waals surface area contributed by atoms with Crippen molar-refractivity contribution >= 4 is 30.9 Å². The highest BCUT2D eigenvalue weighted by atomic mass is 31.1. The molecule has 148 valence electrons. The second-order valence-electron chi connectivity index (χ2n) is 6.69. The summed E-state index contributed by atoms with van der Waals surface area (Å²) in [7, 11) is -1.95. The highest BCUT2D eigenvalue weighted by Crippen LogP contribution is 2.23. The smallest absolute Gasteiger partial charge is 0.461 e. The molecule has 0 saturated carbocycles. The quantitative estimate of drug-likeness (QED) is 0.455. The van der Waals surface area contributed by atoms with Crippen LogP contribution in [0.3, 0.4) is 0 Å². The Bertz CT molecular complexity index is 809. The zero-order valence-electron chi connectivity index (χ0n) is 16.0. The molecule has 2 rings (SSSR count). The third-order valence-corrected chi connectivity index (χ3v) is 4.90. The van der Waals surface area contributed by atoms with Crippen LogP contribution in [0.2, 0.25) is 0 Å². The molecule has 0 aliphatic heterocycles. The summed E-state index contributed by atoms with van der Waals surface area (Å²) in [5, 5.41) is 2.77. The molecule has 0 aromatic carbocycles. The maximum atomic E-state index is 12.2. The minimum atomic E-state index is -1.95. The van der Waals surface area contributed by atoms with E-state index in [0.717, 1.165) is 6.42 Å². The predicted octanol–water partition coefficient (Wildman–Crippen LogP) is 1.83. The van der Waals surface area contributed by atoms with Gasteiger partial charge in [0.15, 0.2) is 17.0 Å². The molecule has 27 heavy (non-hydrogen) atoms. The minimum absolute atomic E-state index is 0.0370. The number of carbonyl (C=O) groups is 1. The summed E-state index contributed by atoms with van der Waals surface area (Å²) in [6.07, 6.45) is 3.43. The first-order valence-electron chi connectivity index (χ1n) is 8.67. The van der Waals surface area contributed by atoms with Gasteiger partial charge in [-0.2, -0.15) is 0 Å². The van der Waals surface area contributed by atoms with Gasteiger partial charge in [-0.1, -0.05) is 12.0 Å². The van der Waals surface area contributed by atoms with Crippen LogP contribution in [0.4, 0.5) is 5.82 Å². The average Bonchev–Trinajstić information content (AvgIpc) is 3.01. The summed E-state index contributed by atoms with van der Waals surface area (Å²) in [6, 6.07) is 0. The Hall–Kier alpha value is -2.16. The van der Waals surface area contributed by atoms with Gasteiger partial charge < -0.3 is 19.8 Å². The van der Waals surface area contributed by atoms with Gasteiger partial charge in [0, 0.05) is 0 Å². The fourth-order valence-corrected chi connectivity index (χ4v) is 3.49. The van der Waals surface area contributed by atoms with Crippen molar-refractivity contribution in [2.75, 3.05) is 18.7 Å².